The minimum Gasteiger partial charge on any atom is -0.680 e. The van der Waals surface area contributed by atoms with Crippen LogP contribution in [0.2, 0.25) is 0 Å². The molecule has 0 aromatic heterocycles. The van der Waals surface area contributed by atoms with Crippen LogP contribution in [-0.2, 0) is 18.6 Å². The van der Waals surface area contributed by atoms with Gasteiger partial charge in [-0.05, 0) is 85.5 Å². The molecule has 0 atom stereocenters. The predicted molar refractivity (Wildman–Crippen MR) is 255 cm³/mol. The second-order valence-corrected chi connectivity index (χ2v) is 20.8. The first kappa shape index (κ1) is 51.5. The van der Waals surface area contributed by atoms with Gasteiger partial charge in [-0.15, -0.1) is 33.7 Å². The van der Waals surface area contributed by atoms with E-state index in [0.717, 1.165) is 34.8 Å². The Labute approximate surface area is 374 Å². The van der Waals surface area contributed by atoms with Crippen molar-refractivity contribution in [2.45, 2.75) is 171 Å². The fourth-order valence-corrected chi connectivity index (χ4v) is 8.94. The van der Waals surface area contributed by atoms with Crippen LogP contribution >= 0.6 is 0 Å². The summed E-state index contributed by atoms with van der Waals surface area (Å²) in [4.78, 5) is 3.93. The third-order valence-corrected chi connectivity index (χ3v) is 10.2. The predicted octanol–water partition coefficient (Wildman–Crippen LogP) is 17.2. The number of hydrogen-bond donors (Lipinski definition) is 0. The molecule has 0 spiro atoms. The molecule has 4 aromatic carbocycles. The molecule has 1 radical (unpaired) electrons. The molecule has 4 aromatic rings. The van der Waals surface area contributed by atoms with Crippen LogP contribution in [0.4, 0.5) is 17.1 Å². The Morgan fingerprint density at radius 2 is 0.695 bits per heavy atom. The van der Waals surface area contributed by atoms with Crippen molar-refractivity contribution < 1.29 is 18.6 Å². The van der Waals surface area contributed by atoms with Gasteiger partial charge < -0.3 is 20.8 Å². The Morgan fingerprint density at radius 1 is 0.441 bits per heavy atom. The van der Waals surface area contributed by atoms with Gasteiger partial charge in [0.05, 0.1) is 0 Å². The van der Waals surface area contributed by atoms with Crippen molar-refractivity contribution >= 4 is 17.1 Å². The molecule has 0 N–H and O–H groups in total. The van der Waals surface area contributed by atoms with Crippen molar-refractivity contribution in [2.75, 3.05) is 0 Å². The zero-order chi connectivity index (χ0) is 43.5. The fourth-order valence-electron chi connectivity index (χ4n) is 8.94. The van der Waals surface area contributed by atoms with Crippen molar-refractivity contribution in [3.8, 4) is 0 Å². The average Bonchev–Trinajstić information content (AvgIpc) is 3.02. The molecule has 5 heteroatoms. The molecule has 0 amide bonds. The standard InChI is InChI=1S/3C12H18N.C11H15N.C7H8.V/c3*1-9-6-10(2)8-11(7-9)13-12(3,4)5;1-12-11-5-8-2-9(6-11)4-10(3-8)7-11;1-7-5-3-2-4-6-7;/h3*6-8H,1-5H3;8-10H,2-7H2;2-6H,1H3;/q3*-1;;;. The summed E-state index contributed by atoms with van der Waals surface area (Å²) in [5.41, 5.74) is 12.4. The Hall–Kier alpha value is -3.65. The molecule has 4 aliphatic rings. The van der Waals surface area contributed by atoms with Gasteiger partial charge in [0.25, 0.3) is 0 Å². The number of benzene rings is 4. The molecular formula is C54H77N4V-3. The second kappa shape index (κ2) is 22.3. The molecular weight excluding hydrogens is 756 g/mol. The van der Waals surface area contributed by atoms with Gasteiger partial charge in [0.2, 0.25) is 5.54 Å². The van der Waals surface area contributed by atoms with E-state index in [-0.39, 0.29) is 40.7 Å². The first-order valence-electron chi connectivity index (χ1n) is 21.6. The van der Waals surface area contributed by atoms with E-state index in [4.69, 9.17) is 6.57 Å². The van der Waals surface area contributed by atoms with Crippen LogP contribution in [-0.4, -0.2) is 22.2 Å². The van der Waals surface area contributed by atoms with Crippen LogP contribution < -0.4 is 0 Å². The van der Waals surface area contributed by atoms with Gasteiger partial charge in [-0.2, -0.15) is 0 Å². The van der Waals surface area contributed by atoms with Crippen LogP contribution in [0, 0.1) is 72.8 Å². The number of hydrogen-bond acceptors (Lipinski definition) is 0. The maximum absolute atomic E-state index is 7.30. The molecule has 4 aliphatic carbocycles. The van der Waals surface area contributed by atoms with Crippen LogP contribution in [0.25, 0.3) is 20.8 Å². The van der Waals surface area contributed by atoms with Gasteiger partial charge in [-0.25, -0.2) is 6.57 Å². The largest absolute Gasteiger partial charge is 0.680 e. The third kappa shape index (κ3) is 20.4. The molecule has 0 unspecified atom stereocenters. The Kier molecular flexibility index (Phi) is 19.4. The molecule has 59 heavy (non-hydrogen) atoms. The van der Waals surface area contributed by atoms with Crippen molar-refractivity contribution in [2.24, 2.45) is 17.8 Å². The quantitative estimate of drug-likeness (QED) is 0.185. The molecule has 4 fully saturated rings. The molecule has 0 heterocycles. The first-order chi connectivity index (χ1) is 26.8. The van der Waals surface area contributed by atoms with Gasteiger partial charge in [-0.3, -0.25) is 0 Å². The third-order valence-electron chi connectivity index (χ3n) is 10.2. The number of aryl methyl sites for hydroxylation is 7. The van der Waals surface area contributed by atoms with E-state index >= 15 is 0 Å². The van der Waals surface area contributed by atoms with Crippen LogP contribution in [0.5, 0.6) is 0 Å². The van der Waals surface area contributed by atoms with Crippen molar-refractivity contribution in [3.63, 3.8) is 0 Å². The van der Waals surface area contributed by atoms with Crippen molar-refractivity contribution in [3.05, 3.63) is 151 Å². The normalized spacial score (nSPS) is 19.9. The van der Waals surface area contributed by atoms with Crippen LogP contribution in [0.15, 0.2) is 84.9 Å². The fraction of sp³-hybridized carbons (Fsp3) is 0.537. The van der Waals surface area contributed by atoms with E-state index in [1.54, 1.807) is 0 Å². The Morgan fingerprint density at radius 3 is 0.881 bits per heavy atom. The summed E-state index contributed by atoms with van der Waals surface area (Å²) in [6, 6.07) is 29.5. The van der Waals surface area contributed by atoms with E-state index in [2.05, 4.69) is 198 Å². The van der Waals surface area contributed by atoms with Gasteiger partial charge in [-0.1, -0.05) is 186 Å². The molecule has 8 rings (SSSR count). The maximum Gasteiger partial charge on any atom is 0.233 e. The van der Waals surface area contributed by atoms with E-state index in [1.807, 2.05) is 18.2 Å². The summed E-state index contributed by atoms with van der Waals surface area (Å²) in [7, 11) is 0. The minimum atomic E-state index is 0. The van der Waals surface area contributed by atoms with Crippen molar-refractivity contribution in [1.29, 1.82) is 0 Å². The molecule has 4 bridgehead atoms. The monoisotopic (exact) mass is 833 g/mol. The number of rotatable bonds is 3. The van der Waals surface area contributed by atoms with E-state index in [9.17, 15) is 0 Å². The molecule has 4 nitrogen and oxygen atoms in total. The smallest absolute Gasteiger partial charge is 0.233 e. The van der Waals surface area contributed by atoms with Crippen LogP contribution in [0.3, 0.4) is 0 Å². The second-order valence-electron chi connectivity index (χ2n) is 20.8. The molecule has 0 saturated heterocycles. The molecule has 4 saturated carbocycles. The van der Waals surface area contributed by atoms with Gasteiger partial charge in [0.1, 0.15) is 0 Å². The topological polar surface area (TPSA) is 46.7 Å². The number of nitrogens with zero attached hydrogens (tertiary/aromatic N) is 4. The van der Waals surface area contributed by atoms with Gasteiger partial charge >= 0.3 is 0 Å². The molecule has 321 valence electrons. The van der Waals surface area contributed by atoms with Crippen molar-refractivity contribution in [1.82, 2.24) is 0 Å². The summed E-state index contributed by atoms with van der Waals surface area (Å²) in [6.07, 6.45) is 8.08. The molecule has 0 aliphatic heterocycles. The maximum atomic E-state index is 7.30. The minimum absolute atomic E-state index is 0. The summed E-state index contributed by atoms with van der Waals surface area (Å²) in [6.45, 7) is 41.1. The summed E-state index contributed by atoms with van der Waals surface area (Å²) >= 11 is 0. The van der Waals surface area contributed by atoms with Gasteiger partial charge in [0.15, 0.2) is 0 Å². The zero-order valence-electron chi connectivity index (χ0n) is 39.8. The Balaban J connectivity index is 0.000000256. The van der Waals surface area contributed by atoms with Gasteiger partial charge in [0, 0.05) is 37.8 Å². The Bertz CT molecular complexity index is 1670. The van der Waals surface area contributed by atoms with E-state index in [0.29, 0.717) is 0 Å². The average molecular weight is 833 g/mol. The summed E-state index contributed by atoms with van der Waals surface area (Å²) < 4.78 is 0. The summed E-state index contributed by atoms with van der Waals surface area (Å²) in [5, 5.41) is 13.8. The van der Waals surface area contributed by atoms with Crippen LogP contribution in [0.1, 0.15) is 140 Å². The van der Waals surface area contributed by atoms with E-state index in [1.165, 1.54) is 77.5 Å². The zero-order valence-corrected chi connectivity index (χ0v) is 41.2. The SMILES string of the molecule is Cc1cc(C)cc([N-]C(C)(C)C)c1.Cc1cc(C)cc([N-]C(C)(C)C)c1.Cc1cc(C)cc([N-]C(C)(C)C)c1.Cc1ccccc1.[C-]#[N+]C12CC3CC(CC(C3)C1)C2.[V]. The summed E-state index contributed by atoms with van der Waals surface area (Å²) in [5.74, 6) is 2.81. The van der Waals surface area contributed by atoms with E-state index < -0.39 is 0 Å². The first-order valence-corrected chi connectivity index (χ1v) is 21.6.